The van der Waals surface area contributed by atoms with E-state index in [1.807, 2.05) is 0 Å². The molecule has 0 radical (unpaired) electrons. The third-order valence-corrected chi connectivity index (χ3v) is 10.2. The van der Waals surface area contributed by atoms with Crippen molar-refractivity contribution < 1.29 is 0 Å². The van der Waals surface area contributed by atoms with E-state index in [0.29, 0.717) is 0 Å². The van der Waals surface area contributed by atoms with Gasteiger partial charge in [-0.3, -0.25) is 0 Å². The highest BCUT2D eigenvalue weighted by Gasteiger charge is 2.44. The third-order valence-electron chi connectivity index (χ3n) is 10.2. The minimum Gasteiger partial charge on any atom is -0.311 e. The first kappa shape index (κ1) is 30.1. The molecule has 7 aromatic rings. The molecule has 0 N–H and O–H groups in total. The Bertz CT molecular complexity index is 2200. The van der Waals surface area contributed by atoms with Crippen molar-refractivity contribution >= 4 is 74.3 Å². The Morgan fingerprint density at radius 3 is 1.20 bits per heavy atom. The van der Waals surface area contributed by atoms with Gasteiger partial charge in [0.05, 0.1) is 5.69 Å². The van der Waals surface area contributed by atoms with Crippen LogP contribution in [0.15, 0.2) is 158 Å². The molecule has 3 nitrogen and oxygen atoms in total. The molecule has 0 unspecified atom stereocenters. The lowest BCUT2D eigenvalue weighted by Crippen LogP contribution is -2.61. The van der Waals surface area contributed by atoms with Gasteiger partial charge in [-0.2, -0.15) is 0 Å². The quantitative estimate of drug-likeness (QED) is 0.173. The minimum atomic E-state index is 0.0733. The van der Waals surface area contributed by atoms with E-state index in [-0.39, 0.29) is 6.71 Å². The minimum absolute atomic E-state index is 0.0733. The summed E-state index contributed by atoms with van der Waals surface area (Å²) >= 11 is 0. The predicted octanol–water partition coefficient (Wildman–Crippen LogP) is 10.5. The number of nitrogens with zero attached hydrogens (tertiary/aromatic N) is 3. The Balaban J connectivity index is 1.42. The average molecular weight is 644 g/mol. The molecule has 0 aliphatic carbocycles. The maximum absolute atomic E-state index is 2.50. The molecule has 7 aromatic carbocycles. The molecule has 240 valence electrons. The van der Waals surface area contributed by atoms with Crippen molar-refractivity contribution in [3.05, 3.63) is 180 Å². The topological polar surface area (TPSA) is 9.72 Å². The van der Waals surface area contributed by atoms with Crippen LogP contribution in [-0.2, 0) is 0 Å². The van der Waals surface area contributed by atoms with Crippen molar-refractivity contribution in [3.8, 4) is 0 Å². The van der Waals surface area contributed by atoms with E-state index in [9.17, 15) is 0 Å². The number of aryl methyl sites for hydroxylation is 4. The smallest absolute Gasteiger partial charge is 0.252 e. The number of benzene rings is 7. The number of para-hydroxylation sites is 2. The molecule has 0 atom stereocenters. The van der Waals surface area contributed by atoms with Crippen molar-refractivity contribution in [2.75, 3.05) is 14.7 Å². The average Bonchev–Trinajstić information content (AvgIpc) is 3.14. The van der Waals surface area contributed by atoms with Crippen molar-refractivity contribution in [2.24, 2.45) is 0 Å². The first-order chi connectivity index (χ1) is 24.4. The summed E-state index contributed by atoms with van der Waals surface area (Å²) in [5.41, 5.74) is 19.5. The Kier molecular flexibility index (Phi) is 7.13. The molecule has 0 amide bonds. The number of hydrogen-bond donors (Lipinski definition) is 0. The molecule has 0 fully saturated rings. The molecular weight excluding hydrogens is 605 g/mol. The highest BCUT2D eigenvalue weighted by atomic mass is 15.2. The third kappa shape index (κ3) is 4.90. The van der Waals surface area contributed by atoms with Gasteiger partial charge in [-0.25, -0.2) is 0 Å². The molecule has 50 heavy (non-hydrogen) atoms. The van der Waals surface area contributed by atoms with E-state index >= 15 is 0 Å². The molecule has 9 rings (SSSR count). The highest BCUT2D eigenvalue weighted by Crippen LogP contribution is 2.48. The van der Waals surface area contributed by atoms with Crippen LogP contribution in [0.25, 0.3) is 0 Å². The van der Waals surface area contributed by atoms with Gasteiger partial charge in [0.1, 0.15) is 0 Å². The van der Waals surface area contributed by atoms with Crippen molar-refractivity contribution in [1.82, 2.24) is 0 Å². The standard InChI is InChI=1S/C46H38BN3/c1-31-15-21-37(22-16-31)49-42-25-19-33(3)27-40(42)47-41-28-34(4)20-26-43(41)50(38-23-17-32(2)18-24-38)45-30-39(29-44(49)46(45)47)48(35-11-7-5-8-12-35)36-13-9-6-10-14-36/h5-30H,1-4H3. The first-order valence-electron chi connectivity index (χ1n) is 17.5. The summed E-state index contributed by atoms with van der Waals surface area (Å²) in [5.74, 6) is 0. The van der Waals surface area contributed by atoms with Gasteiger partial charge in [0.2, 0.25) is 0 Å². The van der Waals surface area contributed by atoms with E-state index in [4.69, 9.17) is 0 Å². The zero-order chi connectivity index (χ0) is 33.9. The fourth-order valence-corrected chi connectivity index (χ4v) is 7.90. The van der Waals surface area contributed by atoms with Crippen LogP contribution in [0.3, 0.4) is 0 Å². The molecule has 0 saturated heterocycles. The second-order valence-corrected chi connectivity index (χ2v) is 13.8. The monoisotopic (exact) mass is 643 g/mol. The van der Waals surface area contributed by atoms with Crippen molar-refractivity contribution in [3.63, 3.8) is 0 Å². The lowest BCUT2D eigenvalue weighted by atomic mass is 9.33. The number of rotatable bonds is 5. The molecule has 0 saturated carbocycles. The fraction of sp³-hybridized carbons (Fsp3) is 0.0870. The van der Waals surface area contributed by atoms with Gasteiger partial charge in [-0.1, -0.05) is 107 Å². The van der Waals surface area contributed by atoms with Crippen LogP contribution in [0.5, 0.6) is 0 Å². The SMILES string of the molecule is Cc1ccc(N2c3ccc(C)cc3B3c4cc(C)ccc4N(c4ccc(C)cc4)c4cc(N(c5ccccc5)c5ccccc5)cc2c43)cc1. The maximum atomic E-state index is 2.50. The summed E-state index contributed by atoms with van der Waals surface area (Å²) in [5, 5.41) is 0. The van der Waals surface area contributed by atoms with Gasteiger partial charge in [0.25, 0.3) is 6.71 Å². The second-order valence-electron chi connectivity index (χ2n) is 13.8. The van der Waals surface area contributed by atoms with E-state index in [1.165, 1.54) is 61.4 Å². The van der Waals surface area contributed by atoms with Gasteiger partial charge < -0.3 is 14.7 Å². The zero-order valence-corrected chi connectivity index (χ0v) is 28.9. The number of fused-ring (bicyclic) bond motifs is 4. The molecule has 2 aliphatic heterocycles. The van der Waals surface area contributed by atoms with Crippen LogP contribution < -0.4 is 31.1 Å². The van der Waals surface area contributed by atoms with Crippen LogP contribution >= 0.6 is 0 Å². The molecule has 2 aliphatic rings. The Labute approximate surface area is 295 Å². The molecule has 0 aromatic heterocycles. The van der Waals surface area contributed by atoms with Crippen molar-refractivity contribution in [2.45, 2.75) is 27.7 Å². The van der Waals surface area contributed by atoms with Gasteiger partial charge in [-0.05, 0) is 117 Å². The zero-order valence-electron chi connectivity index (χ0n) is 28.9. The van der Waals surface area contributed by atoms with E-state index in [2.05, 4.69) is 200 Å². The molecule has 4 heteroatoms. The summed E-state index contributed by atoms with van der Waals surface area (Å²) < 4.78 is 0. The molecular formula is C46H38BN3. The van der Waals surface area contributed by atoms with Gasteiger partial charge in [-0.15, -0.1) is 0 Å². The Morgan fingerprint density at radius 2 is 0.780 bits per heavy atom. The predicted molar refractivity (Wildman–Crippen MR) is 214 cm³/mol. The van der Waals surface area contributed by atoms with Crippen LogP contribution in [-0.4, -0.2) is 6.71 Å². The number of hydrogen-bond acceptors (Lipinski definition) is 3. The van der Waals surface area contributed by atoms with E-state index < -0.39 is 0 Å². The fourth-order valence-electron chi connectivity index (χ4n) is 7.90. The maximum Gasteiger partial charge on any atom is 0.252 e. The van der Waals surface area contributed by atoms with Crippen LogP contribution in [0.4, 0.5) is 51.2 Å². The highest BCUT2D eigenvalue weighted by molar-refractivity contribution is 7.00. The molecule has 0 bridgehead atoms. The summed E-state index contributed by atoms with van der Waals surface area (Å²) in [7, 11) is 0. The van der Waals surface area contributed by atoms with Gasteiger partial charge in [0.15, 0.2) is 0 Å². The summed E-state index contributed by atoms with van der Waals surface area (Å²) in [6.45, 7) is 8.82. The van der Waals surface area contributed by atoms with Crippen molar-refractivity contribution in [1.29, 1.82) is 0 Å². The Hall–Kier alpha value is -6.00. The summed E-state index contributed by atoms with van der Waals surface area (Å²) in [6.07, 6.45) is 0. The second kappa shape index (κ2) is 11.9. The lowest BCUT2D eigenvalue weighted by Gasteiger charge is -2.45. The molecule has 2 heterocycles. The van der Waals surface area contributed by atoms with Gasteiger partial charge >= 0.3 is 0 Å². The van der Waals surface area contributed by atoms with Crippen LogP contribution in [0, 0.1) is 27.7 Å². The normalized spacial score (nSPS) is 12.7. The van der Waals surface area contributed by atoms with E-state index in [1.54, 1.807) is 0 Å². The summed E-state index contributed by atoms with van der Waals surface area (Å²) in [6, 6.07) is 58.3. The van der Waals surface area contributed by atoms with E-state index in [0.717, 1.165) is 28.4 Å². The molecule has 0 spiro atoms. The van der Waals surface area contributed by atoms with Gasteiger partial charge in [0, 0.05) is 45.5 Å². The summed E-state index contributed by atoms with van der Waals surface area (Å²) in [4.78, 5) is 7.38. The largest absolute Gasteiger partial charge is 0.311 e. The Morgan fingerprint density at radius 1 is 0.380 bits per heavy atom. The lowest BCUT2D eigenvalue weighted by molar-refractivity contribution is 1.22. The number of anilines is 9. The first-order valence-corrected chi connectivity index (χ1v) is 17.5. The van der Waals surface area contributed by atoms with Crippen LogP contribution in [0.2, 0.25) is 0 Å². The van der Waals surface area contributed by atoms with Crippen LogP contribution in [0.1, 0.15) is 22.3 Å².